The van der Waals surface area contributed by atoms with E-state index in [9.17, 15) is 45.1 Å². The second kappa shape index (κ2) is 8.65. The number of nitrogens with one attached hydrogen (secondary N) is 2. The van der Waals surface area contributed by atoms with E-state index < -0.39 is 62.1 Å². The van der Waals surface area contributed by atoms with E-state index in [4.69, 9.17) is 11.6 Å². The molecule has 0 atom stereocenters. The van der Waals surface area contributed by atoms with Crippen LogP contribution in [0.15, 0.2) is 83.6 Å². The van der Waals surface area contributed by atoms with Gasteiger partial charge in [0.2, 0.25) is 0 Å². The van der Waals surface area contributed by atoms with Crippen LogP contribution in [0.5, 0.6) is 0 Å². The molecule has 7 aromatic rings. The number of hydrogen-bond acceptors (Lipinski definition) is 8. The van der Waals surface area contributed by atoms with Crippen molar-refractivity contribution in [2.45, 2.75) is 9.79 Å². The molecule has 12 nitrogen and oxygen atoms in total. The van der Waals surface area contributed by atoms with Crippen LogP contribution < -0.4 is 21.7 Å². The Bertz CT molecular complexity index is 2940. The molecule has 1 heterocycles. The van der Waals surface area contributed by atoms with Gasteiger partial charge in [-0.2, -0.15) is 16.8 Å². The number of rotatable bonds is 2. The van der Waals surface area contributed by atoms with Crippen molar-refractivity contribution >= 4 is 97.0 Å². The van der Waals surface area contributed by atoms with Crippen molar-refractivity contribution in [3.05, 3.63) is 101 Å². The van der Waals surface area contributed by atoms with Crippen LogP contribution in [0, 0.1) is 0 Å². The summed E-state index contributed by atoms with van der Waals surface area (Å²) >= 11 is 6.11. The van der Waals surface area contributed by atoms with E-state index in [2.05, 4.69) is 9.97 Å². The first kappa shape index (κ1) is 27.1. The molecule has 214 valence electrons. The maximum Gasteiger partial charge on any atom is 0.297 e. The van der Waals surface area contributed by atoms with E-state index in [1.54, 1.807) is 24.3 Å². The zero-order valence-corrected chi connectivity index (χ0v) is 23.4. The molecule has 0 fully saturated rings. The topological polar surface area (TPSA) is 209 Å². The Hall–Kier alpha value is -4.73. The normalized spacial score (nSPS) is 12.8. The molecule has 4 N–H and O–H groups in total. The molecule has 15 heteroatoms. The Morgan fingerprint density at radius 2 is 1.02 bits per heavy atom. The number of benzene rings is 6. The Labute approximate surface area is 242 Å². The summed E-state index contributed by atoms with van der Waals surface area (Å²) in [4.78, 5) is 57.3. The van der Waals surface area contributed by atoms with Gasteiger partial charge in [0.05, 0.1) is 43.2 Å². The number of H-pyrrole nitrogens is 2. The molecule has 0 aliphatic rings. The molecule has 0 aliphatic heterocycles. The third kappa shape index (κ3) is 3.68. The first-order valence-electron chi connectivity index (χ1n) is 12.2. The van der Waals surface area contributed by atoms with Gasteiger partial charge in [-0.25, -0.2) is 0 Å². The van der Waals surface area contributed by atoms with Gasteiger partial charge in [-0.1, -0.05) is 35.9 Å². The van der Waals surface area contributed by atoms with Gasteiger partial charge in [-0.15, -0.1) is 0 Å². The molecule has 0 radical (unpaired) electrons. The van der Waals surface area contributed by atoms with Crippen LogP contribution in [-0.4, -0.2) is 35.9 Å². The molecule has 0 bridgehead atoms. The summed E-state index contributed by atoms with van der Waals surface area (Å²) < 4.78 is 67.4. The van der Waals surface area contributed by atoms with Crippen molar-refractivity contribution in [3.63, 3.8) is 0 Å². The maximum atomic E-state index is 13.8. The molecule has 0 aliphatic carbocycles. The van der Waals surface area contributed by atoms with E-state index in [1.165, 1.54) is 24.3 Å². The maximum absolute atomic E-state index is 13.8. The summed E-state index contributed by atoms with van der Waals surface area (Å²) in [5, 5.41) is -2.08. The number of aromatic nitrogens is 2. The first-order chi connectivity index (χ1) is 20.2. The van der Waals surface area contributed by atoms with Crippen LogP contribution in [0.2, 0.25) is 5.02 Å². The van der Waals surface area contributed by atoms with Gasteiger partial charge in [0.25, 0.3) is 20.2 Å². The van der Waals surface area contributed by atoms with Crippen molar-refractivity contribution in [1.29, 1.82) is 0 Å². The largest absolute Gasteiger partial charge is 0.351 e. The number of hydrogen-bond donors (Lipinski definition) is 4. The monoisotopic (exact) mass is 636 g/mol. The van der Waals surface area contributed by atoms with E-state index in [1.807, 2.05) is 0 Å². The second-order valence-corrected chi connectivity index (χ2v) is 13.0. The van der Waals surface area contributed by atoms with Gasteiger partial charge in [0.1, 0.15) is 9.79 Å². The van der Waals surface area contributed by atoms with Gasteiger partial charge in [-0.3, -0.25) is 28.3 Å². The predicted molar refractivity (Wildman–Crippen MR) is 161 cm³/mol. The number of halogens is 1. The van der Waals surface area contributed by atoms with Crippen LogP contribution in [-0.2, 0) is 20.2 Å². The van der Waals surface area contributed by atoms with Gasteiger partial charge >= 0.3 is 0 Å². The highest BCUT2D eigenvalue weighted by Gasteiger charge is 2.31. The van der Waals surface area contributed by atoms with Gasteiger partial charge in [0.15, 0.2) is 21.7 Å². The minimum atomic E-state index is -5.39. The van der Waals surface area contributed by atoms with E-state index in [-0.39, 0.29) is 59.8 Å². The van der Waals surface area contributed by atoms with Crippen LogP contribution >= 0.6 is 11.6 Å². The van der Waals surface area contributed by atoms with Crippen LogP contribution in [0.3, 0.4) is 0 Å². The summed E-state index contributed by atoms with van der Waals surface area (Å²) in [7, 11) is -10.8. The molecule has 6 aromatic carbocycles. The molecule has 1 aromatic heterocycles. The second-order valence-electron chi connectivity index (χ2n) is 9.82. The quantitative estimate of drug-likeness (QED) is 0.124. The first-order valence-corrected chi connectivity index (χ1v) is 15.4. The Balaban J connectivity index is 1.69. The van der Waals surface area contributed by atoms with E-state index in [0.717, 1.165) is 0 Å². The Morgan fingerprint density at radius 1 is 0.558 bits per heavy atom. The van der Waals surface area contributed by atoms with Crippen LogP contribution in [0.25, 0.3) is 65.2 Å². The molecule has 0 saturated heterocycles. The summed E-state index contributed by atoms with van der Waals surface area (Å²) in [6.45, 7) is 0. The number of aromatic amines is 2. The fraction of sp³-hybridized carbons (Fsp3) is 0. The lowest BCUT2D eigenvalue weighted by atomic mass is 9.99. The fourth-order valence-electron chi connectivity index (χ4n) is 5.66. The smallest absolute Gasteiger partial charge is 0.297 e. The minimum Gasteiger partial charge on any atom is -0.351 e. The van der Waals surface area contributed by atoms with Gasteiger partial charge < -0.3 is 9.97 Å². The summed E-state index contributed by atoms with van der Waals surface area (Å²) in [5.41, 5.74) is -1.84. The highest BCUT2D eigenvalue weighted by atomic mass is 35.5. The average Bonchev–Trinajstić information content (AvgIpc) is 2.95. The van der Waals surface area contributed by atoms with Crippen molar-refractivity contribution in [2.24, 2.45) is 0 Å². The number of fused-ring (bicyclic) bond motifs is 8. The van der Waals surface area contributed by atoms with Crippen molar-refractivity contribution in [1.82, 2.24) is 9.97 Å². The molecular weight excluding hydrogens is 624 g/mol. The van der Waals surface area contributed by atoms with Crippen molar-refractivity contribution < 1.29 is 25.9 Å². The van der Waals surface area contributed by atoms with E-state index in [0.29, 0.717) is 6.07 Å². The lowest BCUT2D eigenvalue weighted by Crippen LogP contribution is -2.18. The third-order valence-electron chi connectivity index (χ3n) is 7.48. The van der Waals surface area contributed by atoms with Crippen LogP contribution in [0.1, 0.15) is 0 Å². The Kier molecular flexibility index (Phi) is 5.46. The molecule has 43 heavy (non-hydrogen) atoms. The summed E-state index contributed by atoms with van der Waals surface area (Å²) in [6, 6.07) is 12.5. The lowest BCUT2D eigenvalue weighted by Gasteiger charge is -2.12. The highest BCUT2D eigenvalue weighted by Crippen LogP contribution is 2.35. The zero-order valence-electron chi connectivity index (χ0n) is 21.1. The Morgan fingerprint density at radius 3 is 1.53 bits per heavy atom. The fourth-order valence-corrected chi connectivity index (χ4v) is 8.18. The van der Waals surface area contributed by atoms with Crippen molar-refractivity contribution in [2.75, 3.05) is 0 Å². The molecule has 0 saturated carbocycles. The third-order valence-corrected chi connectivity index (χ3v) is 9.92. The van der Waals surface area contributed by atoms with Gasteiger partial charge in [0, 0.05) is 26.9 Å². The lowest BCUT2D eigenvalue weighted by molar-refractivity contribution is 0.467. The van der Waals surface area contributed by atoms with E-state index >= 15 is 0 Å². The summed E-state index contributed by atoms with van der Waals surface area (Å²) in [5.74, 6) is 0. The minimum absolute atomic E-state index is 0.0623. The molecule has 7 rings (SSSR count). The summed E-state index contributed by atoms with van der Waals surface area (Å²) in [6.07, 6.45) is 0. The standard InChI is InChI=1S/C28H13ClN2O10S2/c29-21-18-14(9-17(42(36,37)38)28(21)43(39,40)41)27(35)20-13(26(18)34)6-8-16-23(20)31-15-7-5-12-19(22(15)30-16)25(33)11-4-2-1-3-10(11)24(12)32/h1-9,30-31H,(H,36,37,38)(H,39,40,41). The zero-order chi connectivity index (χ0) is 30.7. The predicted octanol–water partition coefficient (Wildman–Crippen LogP) is 3.29. The van der Waals surface area contributed by atoms with Crippen LogP contribution in [0.4, 0.5) is 0 Å². The molecular formula is C28H13ClN2O10S2. The molecule has 0 spiro atoms. The SMILES string of the molecule is O=c1c2ccccc2c(=O)c2c1ccc1[nH]c3c(ccc4c(=O)c5c(Cl)c(S(=O)(=O)O)c(S(=O)(=O)O)cc5c(=O)c43)[nH]c12. The highest BCUT2D eigenvalue weighted by molar-refractivity contribution is 7.89. The van der Waals surface area contributed by atoms with Crippen molar-refractivity contribution in [3.8, 4) is 0 Å². The van der Waals surface area contributed by atoms with Gasteiger partial charge in [-0.05, 0) is 30.3 Å². The average molecular weight is 637 g/mol. The molecule has 0 amide bonds. The molecule has 0 unspecified atom stereocenters.